The van der Waals surface area contributed by atoms with Crippen LogP contribution < -0.4 is 9.47 Å². The van der Waals surface area contributed by atoms with Gasteiger partial charge in [-0.25, -0.2) is 0 Å². The summed E-state index contributed by atoms with van der Waals surface area (Å²) in [7, 11) is -0.335. The number of fused-ring (bicyclic) bond motifs is 1. The molecule has 0 spiro atoms. The summed E-state index contributed by atoms with van der Waals surface area (Å²) in [4.78, 5) is 9.48. The zero-order chi connectivity index (χ0) is 27.6. The Balaban J connectivity index is 1.68. The molecule has 2 aromatic heterocycles. The molecule has 7 heteroatoms. The minimum Gasteiger partial charge on any atom is -0.493 e. The van der Waals surface area contributed by atoms with Crippen molar-refractivity contribution in [2.24, 2.45) is 0 Å². The molecule has 2 heterocycles. The van der Waals surface area contributed by atoms with Gasteiger partial charge < -0.3 is 14.6 Å². The zero-order valence-corrected chi connectivity index (χ0v) is 25.2. The van der Waals surface area contributed by atoms with Gasteiger partial charge in [-0.3, -0.25) is 9.97 Å². The number of methoxy groups -OCH3 is 1. The molecule has 0 aliphatic heterocycles. The summed E-state index contributed by atoms with van der Waals surface area (Å²) < 4.78 is 11.6. The number of nitrogens with zero attached hydrogens (tertiary/aromatic N) is 2. The molecule has 4 rings (SSSR count). The van der Waals surface area contributed by atoms with Crippen LogP contribution in [0.3, 0.4) is 0 Å². The Morgan fingerprint density at radius 2 is 1.61 bits per heavy atom. The largest absolute Gasteiger partial charge is 0.493 e. The van der Waals surface area contributed by atoms with E-state index in [4.69, 9.17) is 26.1 Å². The van der Waals surface area contributed by atoms with Gasteiger partial charge in [0, 0.05) is 28.4 Å². The molecule has 0 radical (unpaired) electrons. The maximum absolute atomic E-state index is 11.7. The molecule has 0 saturated carbocycles. The van der Waals surface area contributed by atoms with Crippen LogP contribution in [0, 0.1) is 0 Å². The summed E-state index contributed by atoms with van der Waals surface area (Å²) in [5, 5.41) is 12.3. The van der Waals surface area contributed by atoms with Crippen molar-refractivity contribution in [3.8, 4) is 11.5 Å². The molecule has 1 aromatic carbocycles. The first-order chi connectivity index (χ1) is 18.1. The highest BCUT2D eigenvalue weighted by Gasteiger charge is 2.51. The third-order valence-electron chi connectivity index (χ3n) is 8.28. The number of benzene rings is 1. The number of rotatable bonds is 10. The van der Waals surface area contributed by atoms with Crippen LogP contribution in [0.25, 0.3) is 5.57 Å². The fourth-order valence-electron chi connectivity index (χ4n) is 6.71. The quantitative estimate of drug-likeness (QED) is 0.258. The molecule has 0 fully saturated rings. The van der Waals surface area contributed by atoms with Gasteiger partial charge in [0.1, 0.15) is 12.7 Å². The van der Waals surface area contributed by atoms with E-state index >= 15 is 0 Å². The van der Waals surface area contributed by atoms with Crippen LogP contribution >= 0.6 is 11.6 Å². The number of aromatic nitrogens is 2. The van der Waals surface area contributed by atoms with E-state index in [1.54, 1.807) is 19.4 Å². The molecule has 202 valence electrons. The Morgan fingerprint density at radius 1 is 0.947 bits per heavy atom. The van der Waals surface area contributed by atoms with Crippen LogP contribution in [0.5, 0.6) is 11.5 Å². The molecule has 1 N–H and O–H groups in total. The molecule has 5 nitrogen and oxygen atoms in total. The maximum atomic E-state index is 11.7. The molecular formula is C31H39ClN2O3Si. The molecular weight excluding hydrogens is 512 g/mol. The lowest BCUT2D eigenvalue weighted by Crippen LogP contribution is -2.49. The zero-order valence-electron chi connectivity index (χ0n) is 23.4. The number of aliphatic hydroxyl groups excluding tert-OH is 1. The normalized spacial score (nSPS) is 16.1. The average molecular weight is 551 g/mol. The molecule has 2 atom stereocenters. The average Bonchev–Trinajstić information content (AvgIpc) is 3.27. The molecule has 2 unspecified atom stereocenters. The second-order valence-corrected chi connectivity index (χ2v) is 17.6. The van der Waals surface area contributed by atoms with E-state index in [9.17, 15) is 5.11 Å². The number of ether oxygens (including phenoxy) is 2. The minimum absolute atomic E-state index is 0.229. The van der Waals surface area contributed by atoms with Gasteiger partial charge >= 0.3 is 0 Å². The van der Waals surface area contributed by atoms with Gasteiger partial charge in [-0.15, -0.1) is 0 Å². The topological polar surface area (TPSA) is 64.5 Å². The van der Waals surface area contributed by atoms with Crippen molar-refractivity contribution in [2.75, 3.05) is 7.11 Å². The number of hydrogen-bond donors (Lipinski definition) is 1. The van der Waals surface area contributed by atoms with Gasteiger partial charge in [0.2, 0.25) is 0 Å². The Hall–Kier alpha value is -2.67. The van der Waals surface area contributed by atoms with Gasteiger partial charge in [-0.2, -0.15) is 0 Å². The predicted octanol–water partition coefficient (Wildman–Crippen LogP) is 8.15. The van der Waals surface area contributed by atoms with Gasteiger partial charge in [0.05, 0.1) is 32.8 Å². The lowest BCUT2D eigenvalue weighted by Gasteiger charge is -2.47. The van der Waals surface area contributed by atoms with Crippen molar-refractivity contribution in [2.45, 2.75) is 76.4 Å². The molecule has 1 aliphatic rings. The van der Waals surface area contributed by atoms with E-state index in [2.05, 4.69) is 58.7 Å². The lowest BCUT2D eigenvalue weighted by atomic mass is 10.0. The minimum atomic E-state index is -1.93. The molecule has 0 saturated heterocycles. The fraction of sp³-hybridized carbons (Fsp3) is 0.419. The van der Waals surface area contributed by atoms with Gasteiger partial charge in [-0.05, 0) is 46.0 Å². The first kappa shape index (κ1) is 28.3. The predicted molar refractivity (Wildman–Crippen MR) is 158 cm³/mol. The third kappa shape index (κ3) is 5.14. The van der Waals surface area contributed by atoms with Crippen molar-refractivity contribution in [3.05, 3.63) is 88.5 Å². The number of allylic oxidation sites excluding steroid dienone is 1. The summed E-state index contributed by atoms with van der Waals surface area (Å²) in [5.74, 6) is 1.05. The van der Waals surface area contributed by atoms with Crippen molar-refractivity contribution in [1.82, 2.24) is 9.97 Å². The van der Waals surface area contributed by atoms with Crippen LogP contribution in [0.1, 0.15) is 75.7 Å². The first-order valence-electron chi connectivity index (χ1n) is 13.4. The van der Waals surface area contributed by atoms with E-state index < -0.39 is 14.2 Å². The van der Waals surface area contributed by atoms with Gasteiger partial charge in [-0.1, -0.05) is 77.4 Å². The molecule has 1 aliphatic carbocycles. The summed E-state index contributed by atoms with van der Waals surface area (Å²) in [5.41, 5.74) is 6.41. The van der Waals surface area contributed by atoms with Crippen molar-refractivity contribution in [1.29, 1.82) is 0 Å². The Kier molecular flexibility index (Phi) is 8.65. The van der Waals surface area contributed by atoms with Crippen molar-refractivity contribution < 1.29 is 14.6 Å². The summed E-state index contributed by atoms with van der Waals surface area (Å²) in [6.07, 6.45) is 4.90. The van der Waals surface area contributed by atoms with E-state index in [1.807, 2.05) is 36.5 Å². The maximum Gasteiger partial charge on any atom is 0.179 e. The van der Waals surface area contributed by atoms with Gasteiger partial charge in [0.25, 0.3) is 0 Å². The van der Waals surface area contributed by atoms with Crippen LogP contribution in [0.15, 0.2) is 60.9 Å². The highest BCUT2D eigenvalue weighted by atomic mass is 35.5. The Bertz CT molecular complexity index is 1270. The highest BCUT2D eigenvalue weighted by Crippen LogP contribution is 2.55. The SMILES string of the molecule is COc1cc(C(O)C2=CC([Si](C(C)C)(C(C)C)C(C)C)c3ncccc32)ncc1OCc1ccc(Cl)cc1. The molecule has 0 amide bonds. The Morgan fingerprint density at radius 3 is 2.21 bits per heavy atom. The van der Waals surface area contributed by atoms with Crippen LogP contribution in [0.2, 0.25) is 21.6 Å². The van der Waals surface area contributed by atoms with Crippen LogP contribution in [-0.4, -0.2) is 30.3 Å². The fourth-order valence-corrected chi connectivity index (χ4v) is 14.2. The molecule has 38 heavy (non-hydrogen) atoms. The standard InChI is InChI=1S/C31H39ClN2O3Si/c1-19(2)38(20(3)4,21(5)6)29-15-25(24-9-8-14-33-30(24)29)31(35)26-16-27(36-7)28(17-34-26)37-18-22-10-12-23(32)13-11-22/h8-17,19-21,29,31,35H,18H2,1-7H3. The van der Waals surface area contributed by atoms with Crippen molar-refractivity contribution >= 4 is 25.2 Å². The lowest BCUT2D eigenvalue weighted by molar-refractivity contribution is 0.231. The van der Waals surface area contributed by atoms with E-state index in [0.717, 1.165) is 22.4 Å². The summed E-state index contributed by atoms with van der Waals surface area (Å²) in [6, 6.07) is 13.3. The number of aliphatic hydroxyl groups is 1. The second-order valence-electron chi connectivity index (χ2n) is 11.1. The third-order valence-corrected chi connectivity index (χ3v) is 16.1. The number of halogens is 1. The monoisotopic (exact) mass is 550 g/mol. The Labute approximate surface area is 232 Å². The van der Waals surface area contributed by atoms with Gasteiger partial charge in [0.15, 0.2) is 11.5 Å². The summed E-state index contributed by atoms with van der Waals surface area (Å²) >= 11 is 5.99. The smallest absolute Gasteiger partial charge is 0.179 e. The van der Waals surface area contributed by atoms with E-state index in [0.29, 0.717) is 45.4 Å². The van der Waals surface area contributed by atoms with Crippen LogP contribution in [0.4, 0.5) is 0 Å². The molecule has 0 bridgehead atoms. The second kappa shape index (κ2) is 11.6. The van der Waals surface area contributed by atoms with E-state index in [-0.39, 0.29) is 5.54 Å². The molecule has 3 aromatic rings. The highest BCUT2D eigenvalue weighted by molar-refractivity contribution is 6.85. The van der Waals surface area contributed by atoms with E-state index in [1.165, 1.54) is 0 Å². The number of hydrogen-bond acceptors (Lipinski definition) is 5. The van der Waals surface area contributed by atoms with Crippen LogP contribution in [-0.2, 0) is 6.61 Å². The summed E-state index contributed by atoms with van der Waals surface area (Å²) in [6.45, 7) is 14.6. The number of pyridine rings is 2. The first-order valence-corrected chi connectivity index (χ1v) is 16.1. The van der Waals surface area contributed by atoms with Crippen molar-refractivity contribution in [3.63, 3.8) is 0 Å².